The van der Waals surface area contributed by atoms with Gasteiger partial charge in [-0.2, -0.15) is 0 Å². The Morgan fingerprint density at radius 3 is 1.10 bits per heavy atom. The molecule has 1 aromatic heterocycles. The molecular formula is C39H45NO2. The van der Waals surface area contributed by atoms with Crippen molar-refractivity contribution in [2.45, 2.75) is 62.6 Å². The lowest BCUT2D eigenvalue weighted by Crippen LogP contribution is -2.24. The number of ether oxygens (including phenoxy) is 2. The van der Waals surface area contributed by atoms with Gasteiger partial charge in [0.2, 0.25) is 0 Å². The summed E-state index contributed by atoms with van der Waals surface area (Å²) in [7, 11) is 0. The number of nitrogens with zero attached hydrogens (tertiary/aromatic N) is 1. The van der Waals surface area contributed by atoms with Gasteiger partial charge in [0, 0.05) is 34.4 Å². The molecule has 0 atom stereocenters. The minimum Gasteiger partial charge on any atom is -0.489 e. The molecule has 0 saturated carbocycles. The summed E-state index contributed by atoms with van der Waals surface area (Å²) < 4.78 is 12.2. The van der Waals surface area contributed by atoms with E-state index in [1.807, 2.05) is 73.1 Å². The maximum Gasteiger partial charge on any atom is 0.119 e. The van der Waals surface area contributed by atoms with Gasteiger partial charge in [0.05, 0.1) is 0 Å². The first-order valence-corrected chi connectivity index (χ1v) is 14.5. The zero-order chi connectivity index (χ0) is 30.3. The highest BCUT2D eigenvalue weighted by Crippen LogP contribution is 2.38. The molecule has 218 valence electrons. The van der Waals surface area contributed by atoms with Crippen molar-refractivity contribution in [2.24, 2.45) is 0 Å². The second-order valence-corrected chi connectivity index (χ2v) is 10.8. The van der Waals surface area contributed by atoms with Crippen LogP contribution < -0.4 is 9.47 Å². The average Bonchev–Trinajstić information content (AvgIpc) is 3.00. The van der Waals surface area contributed by atoms with Crippen LogP contribution in [-0.2, 0) is 24.0 Å². The first-order chi connectivity index (χ1) is 20.5. The van der Waals surface area contributed by atoms with Crippen molar-refractivity contribution < 1.29 is 9.47 Å². The second kappa shape index (κ2) is 16.2. The summed E-state index contributed by atoms with van der Waals surface area (Å²) >= 11 is 0. The molecule has 3 heteroatoms. The molecule has 42 heavy (non-hydrogen) atoms. The normalized spacial score (nSPS) is 11.2. The molecular weight excluding hydrogens is 514 g/mol. The minimum absolute atomic E-state index is 0.0751. The van der Waals surface area contributed by atoms with Crippen molar-refractivity contribution in [1.82, 2.24) is 4.98 Å². The fraction of sp³-hybridized carbons (Fsp3) is 0.256. The van der Waals surface area contributed by atoms with Crippen LogP contribution in [0.1, 0.15) is 60.8 Å². The monoisotopic (exact) mass is 559 g/mol. The van der Waals surface area contributed by atoms with Gasteiger partial charge in [0.25, 0.3) is 0 Å². The molecule has 0 radical (unpaired) electrons. The number of benzene rings is 2. The van der Waals surface area contributed by atoms with Crippen LogP contribution in [0.15, 0.2) is 143 Å². The fourth-order valence-corrected chi connectivity index (χ4v) is 5.71. The smallest absolute Gasteiger partial charge is 0.119 e. The second-order valence-electron chi connectivity index (χ2n) is 10.8. The molecule has 0 unspecified atom stereocenters. The van der Waals surface area contributed by atoms with Gasteiger partial charge in [-0.25, -0.2) is 0 Å². The largest absolute Gasteiger partial charge is 0.489 e. The highest BCUT2D eigenvalue weighted by Gasteiger charge is 2.29. The summed E-state index contributed by atoms with van der Waals surface area (Å²) in [5, 5.41) is 0. The Morgan fingerprint density at radius 1 is 0.500 bits per heavy atom. The molecule has 0 aliphatic heterocycles. The molecule has 0 amide bonds. The summed E-state index contributed by atoms with van der Waals surface area (Å²) in [5.41, 5.74) is 4.28. The lowest BCUT2D eigenvalue weighted by molar-refractivity contribution is 0.298. The molecule has 0 fully saturated rings. The van der Waals surface area contributed by atoms with Crippen LogP contribution in [-0.4, -0.2) is 4.98 Å². The molecule has 0 aliphatic carbocycles. The SMILES string of the molecule is C=CCC(CC=C)(CC=C)c1ccc(OCc2cncc(COc3ccc(C(CC=C)(CC=C)CC=C)cc3)c2)cc1. The van der Waals surface area contributed by atoms with E-state index >= 15 is 0 Å². The van der Waals surface area contributed by atoms with Crippen LogP contribution in [0.2, 0.25) is 0 Å². The standard InChI is InChI=1S/C39H45NO2/c1-7-21-38(22-8-2,23-9-3)34-13-17-36(18-14-34)41-30-32-27-33(29-40-28-32)31-42-37-19-15-35(16-20-37)39(24-10-4,25-11-5)26-12-6/h7-20,27-29H,1-6,21-26,30-31H2. The third-order valence-electron chi connectivity index (χ3n) is 7.81. The fourth-order valence-electron chi connectivity index (χ4n) is 5.71. The first-order valence-electron chi connectivity index (χ1n) is 14.5. The summed E-state index contributed by atoms with van der Waals surface area (Å²) in [6, 6.07) is 18.7. The van der Waals surface area contributed by atoms with Crippen molar-refractivity contribution in [3.8, 4) is 11.5 Å². The molecule has 0 aliphatic rings. The van der Waals surface area contributed by atoms with Crippen molar-refractivity contribution in [3.05, 3.63) is 165 Å². The molecule has 3 aromatic rings. The van der Waals surface area contributed by atoms with Gasteiger partial charge in [-0.05, 0) is 80.0 Å². The molecule has 0 saturated heterocycles. The third kappa shape index (κ3) is 8.33. The Hall–Kier alpha value is -4.37. The van der Waals surface area contributed by atoms with Crippen molar-refractivity contribution in [2.75, 3.05) is 0 Å². The van der Waals surface area contributed by atoms with Crippen LogP contribution in [0.3, 0.4) is 0 Å². The van der Waals surface area contributed by atoms with E-state index in [0.717, 1.165) is 61.2 Å². The highest BCUT2D eigenvalue weighted by molar-refractivity contribution is 5.36. The van der Waals surface area contributed by atoms with E-state index in [1.54, 1.807) is 0 Å². The van der Waals surface area contributed by atoms with E-state index in [4.69, 9.17) is 9.47 Å². The number of rotatable bonds is 20. The molecule has 0 bridgehead atoms. The van der Waals surface area contributed by atoms with Crippen LogP contribution in [0, 0.1) is 0 Å². The average molecular weight is 560 g/mol. The van der Waals surface area contributed by atoms with Gasteiger partial charge >= 0.3 is 0 Å². The van der Waals surface area contributed by atoms with Gasteiger partial charge in [-0.15, -0.1) is 39.5 Å². The lowest BCUT2D eigenvalue weighted by Gasteiger charge is -2.32. The van der Waals surface area contributed by atoms with Gasteiger partial charge in [-0.3, -0.25) is 4.98 Å². The summed E-state index contributed by atoms with van der Waals surface area (Å²) in [6.07, 6.45) is 20.6. The Balaban J connectivity index is 1.62. The molecule has 1 heterocycles. The van der Waals surface area contributed by atoms with Gasteiger partial charge in [-0.1, -0.05) is 60.7 Å². The van der Waals surface area contributed by atoms with Crippen LogP contribution >= 0.6 is 0 Å². The van der Waals surface area contributed by atoms with E-state index < -0.39 is 0 Å². The maximum absolute atomic E-state index is 6.10. The van der Waals surface area contributed by atoms with E-state index in [1.165, 1.54) is 11.1 Å². The molecule has 3 nitrogen and oxygen atoms in total. The molecule has 3 rings (SSSR count). The summed E-state index contributed by atoms with van der Waals surface area (Å²) in [5.74, 6) is 1.62. The molecule has 0 N–H and O–H groups in total. The minimum atomic E-state index is -0.0751. The third-order valence-corrected chi connectivity index (χ3v) is 7.81. The van der Waals surface area contributed by atoms with Crippen LogP contribution in [0.4, 0.5) is 0 Å². The molecule has 0 spiro atoms. The number of allylic oxidation sites excluding steroid dienone is 6. The predicted octanol–water partition coefficient (Wildman–Crippen LogP) is 10.2. The summed E-state index contributed by atoms with van der Waals surface area (Å²) in [4.78, 5) is 4.41. The Labute approximate surface area is 253 Å². The topological polar surface area (TPSA) is 31.4 Å². The van der Waals surface area contributed by atoms with Gasteiger partial charge in [0.1, 0.15) is 24.7 Å². The first kappa shape index (κ1) is 32.1. The predicted molar refractivity (Wildman–Crippen MR) is 178 cm³/mol. The van der Waals surface area contributed by atoms with Gasteiger partial charge in [0.15, 0.2) is 0 Å². The van der Waals surface area contributed by atoms with Crippen LogP contribution in [0.5, 0.6) is 11.5 Å². The van der Waals surface area contributed by atoms with Gasteiger partial charge < -0.3 is 9.47 Å². The van der Waals surface area contributed by atoms with E-state index in [9.17, 15) is 0 Å². The quantitative estimate of drug-likeness (QED) is 0.129. The zero-order valence-electron chi connectivity index (χ0n) is 25.0. The number of pyridine rings is 1. The van der Waals surface area contributed by atoms with E-state index in [2.05, 4.69) is 74.8 Å². The highest BCUT2D eigenvalue weighted by atomic mass is 16.5. The van der Waals surface area contributed by atoms with E-state index in [-0.39, 0.29) is 10.8 Å². The Kier molecular flexibility index (Phi) is 12.4. The Bertz CT molecular complexity index is 1180. The number of aromatic nitrogens is 1. The summed E-state index contributed by atoms with van der Waals surface area (Å²) in [6.45, 7) is 24.6. The van der Waals surface area contributed by atoms with E-state index in [0.29, 0.717) is 13.2 Å². The molecule has 2 aromatic carbocycles. The van der Waals surface area contributed by atoms with Crippen LogP contribution in [0.25, 0.3) is 0 Å². The number of hydrogen-bond acceptors (Lipinski definition) is 3. The van der Waals surface area contributed by atoms with Crippen molar-refractivity contribution in [1.29, 1.82) is 0 Å². The Morgan fingerprint density at radius 2 is 0.810 bits per heavy atom. The van der Waals surface area contributed by atoms with Crippen molar-refractivity contribution >= 4 is 0 Å². The maximum atomic E-state index is 6.10. The van der Waals surface area contributed by atoms with Crippen molar-refractivity contribution in [3.63, 3.8) is 0 Å². The number of hydrogen-bond donors (Lipinski definition) is 0. The zero-order valence-corrected chi connectivity index (χ0v) is 25.0. The lowest BCUT2D eigenvalue weighted by atomic mass is 9.72.